The Bertz CT molecular complexity index is 268. The number of methoxy groups -OCH3 is 1. The van der Waals surface area contributed by atoms with Gasteiger partial charge in [-0.3, -0.25) is 9.59 Å². The number of hydrogen-bond donors (Lipinski definition) is 0. The number of carbonyl (C=O) groups is 2. The summed E-state index contributed by atoms with van der Waals surface area (Å²) in [6.07, 6.45) is 6.82. The summed E-state index contributed by atoms with van der Waals surface area (Å²) in [6, 6.07) is 0. The van der Waals surface area contributed by atoms with Crippen molar-refractivity contribution in [1.82, 2.24) is 0 Å². The van der Waals surface area contributed by atoms with Gasteiger partial charge in [-0.1, -0.05) is 19.1 Å². The minimum absolute atomic E-state index is 0.153. The molecule has 3 heteroatoms. The van der Waals surface area contributed by atoms with E-state index >= 15 is 0 Å². The van der Waals surface area contributed by atoms with E-state index in [1.807, 2.05) is 19.1 Å². The smallest absolute Gasteiger partial charge is 0.309 e. The number of rotatable bonds is 4. The monoisotopic (exact) mass is 210 g/mol. The molecule has 1 aliphatic rings. The van der Waals surface area contributed by atoms with Crippen molar-refractivity contribution in [3.05, 3.63) is 12.2 Å². The second-order valence-electron chi connectivity index (χ2n) is 3.86. The van der Waals surface area contributed by atoms with Gasteiger partial charge in [-0.2, -0.15) is 0 Å². The molecular weight excluding hydrogens is 192 g/mol. The Morgan fingerprint density at radius 2 is 2.27 bits per heavy atom. The van der Waals surface area contributed by atoms with Crippen LogP contribution in [0.3, 0.4) is 0 Å². The number of Topliss-reactive ketones (excluding diaryl/α,β-unsaturated/α-hetero) is 1. The van der Waals surface area contributed by atoms with Crippen LogP contribution in [0, 0.1) is 11.8 Å². The lowest BCUT2D eigenvalue weighted by atomic mass is 9.92. The maximum atomic E-state index is 11.6. The molecule has 0 aromatic carbocycles. The highest BCUT2D eigenvalue weighted by atomic mass is 16.5. The quantitative estimate of drug-likeness (QED) is 0.527. The van der Waals surface area contributed by atoms with E-state index in [-0.39, 0.29) is 23.6 Å². The van der Waals surface area contributed by atoms with Gasteiger partial charge in [0.2, 0.25) is 0 Å². The molecular formula is C12H18O3. The van der Waals surface area contributed by atoms with Crippen LogP contribution in [-0.2, 0) is 14.3 Å². The summed E-state index contributed by atoms with van der Waals surface area (Å²) in [5.74, 6) is -0.411. The van der Waals surface area contributed by atoms with Crippen LogP contribution < -0.4 is 0 Å². The van der Waals surface area contributed by atoms with Crippen LogP contribution in [0.25, 0.3) is 0 Å². The van der Waals surface area contributed by atoms with Crippen molar-refractivity contribution in [1.29, 1.82) is 0 Å². The average Bonchev–Trinajstić information content (AvgIpc) is 2.60. The van der Waals surface area contributed by atoms with Crippen molar-refractivity contribution in [3.63, 3.8) is 0 Å². The Morgan fingerprint density at radius 3 is 2.87 bits per heavy atom. The zero-order valence-corrected chi connectivity index (χ0v) is 9.36. The number of allylic oxidation sites excluding steroid dienone is 2. The predicted octanol–water partition coefficient (Wildman–Crippen LogP) is 2.11. The molecule has 2 atom stereocenters. The molecule has 1 rings (SSSR count). The molecule has 15 heavy (non-hydrogen) atoms. The fraction of sp³-hybridized carbons (Fsp3) is 0.667. The summed E-state index contributed by atoms with van der Waals surface area (Å²) in [6.45, 7) is 2.05. The molecule has 2 unspecified atom stereocenters. The first kappa shape index (κ1) is 12.0. The van der Waals surface area contributed by atoms with Gasteiger partial charge in [0.1, 0.15) is 5.78 Å². The van der Waals surface area contributed by atoms with Gasteiger partial charge in [0, 0.05) is 12.3 Å². The lowest BCUT2D eigenvalue weighted by molar-refractivity contribution is -0.147. The Balaban J connectivity index is 2.60. The summed E-state index contributed by atoms with van der Waals surface area (Å²) in [7, 11) is 1.38. The second-order valence-corrected chi connectivity index (χ2v) is 3.86. The zero-order chi connectivity index (χ0) is 11.3. The predicted molar refractivity (Wildman–Crippen MR) is 57.3 cm³/mol. The first-order valence-corrected chi connectivity index (χ1v) is 5.46. The Hall–Kier alpha value is -1.12. The van der Waals surface area contributed by atoms with E-state index < -0.39 is 0 Å². The number of ketones is 1. The van der Waals surface area contributed by atoms with Crippen LogP contribution in [-0.4, -0.2) is 18.9 Å². The van der Waals surface area contributed by atoms with Crippen LogP contribution in [0.5, 0.6) is 0 Å². The van der Waals surface area contributed by atoms with E-state index in [0.717, 1.165) is 6.42 Å². The van der Waals surface area contributed by atoms with Gasteiger partial charge in [0.15, 0.2) is 0 Å². The Kier molecular flexibility index (Phi) is 4.53. The van der Waals surface area contributed by atoms with Gasteiger partial charge in [-0.25, -0.2) is 0 Å². The summed E-state index contributed by atoms with van der Waals surface area (Å²) >= 11 is 0. The van der Waals surface area contributed by atoms with Crippen LogP contribution >= 0.6 is 0 Å². The summed E-state index contributed by atoms with van der Waals surface area (Å²) < 4.78 is 4.70. The molecule has 1 aliphatic carbocycles. The Morgan fingerprint density at radius 1 is 1.53 bits per heavy atom. The molecule has 1 fully saturated rings. The molecule has 0 heterocycles. The van der Waals surface area contributed by atoms with Crippen molar-refractivity contribution in [3.8, 4) is 0 Å². The van der Waals surface area contributed by atoms with Crippen molar-refractivity contribution in [2.24, 2.45) is 11.8 Å². The van der Waals surface area contributed by atoms with Crippen molar-refractivity contribution in [2.75, 3.05) is 7.11 Å². The molecule has 0 aromatic heterocycles. The maximum Gasteiger partial charge on any atom is 0.309 e. The molecule has 0 amide bonds. The number of ether oxygens (including phenoxy) is 1. The molecule has 84 valence electrons. The third-order valence-electron chi connectivity index (χ3n) is 2.90. The van der Waals surface area contributed by atoms with Gasteiger partial charge in [0.25, 0.3) is 0 Å². The molecule has 1 saturated carbocycles. The molecule has 0 saturated heterocycles. The third kappa shape index (κ3) is 2.91. The summed E-state index contributed by atoms with van der Waals surface area (Å²) in [5, 5.41) is 0. The third-order valence-corrected chi connectivity index (χ3v) is 2.90. The number of esters is 1. The van der Waals surface area contributed by atoms with E-state index in [2.05, 4.69) is 0 Å². The van der Waals surface area contributed by atoms with Gasteiger partial charge in [-0.15, -0.1) is 0 Å². The lowest BCUT2D eigenvalue weighted by Crippen LogP contribution is -2.23. The zero-order valence-electron chi connectivity index (χ0n) is 9.36. The van der Waals surface area contributed by atoms with E-state index in [1.165, 1.54) is 7.11 Å². The molecule has 0 N–H and O–H groups in total. The van der Waals surface area contributed by atoms with Gasteiger partial charge >= 0.3 is 5.97 Å². The largest absolute Gasteiger partial charge is 0.469 e. The summed E-state index contributed by atoms with van der Waals surface area (Å²) in [4.78, 5) is 23.0. The molecule has 0 spiro atoms. The second kappa shape index (κ2) is 5.69. The van der Waals surface area contributed by atoms with Crippen LogP contribution in [0.4, 0.5) is 0 Å². The standard InChI is InChI=1S/C12H18O3/c1-3-4-5-6-9-10(12(14)15-2)7-8-11(9)13/h4-5,9-10H,3,6-8H2,1-2H3. The van der Waals surface area contributed by atoms with Crippen LogP contribution in [0.15, 0.2) is 12.2 Å². The van der Waals surface area contributed by atoms with Crippen LogP contribution in [0.2, 0.25) is 0 Å². The topological polar surface area (TPSA) is 43.4 Å². The van der Waals surface area contributed by atoms with Crippen molar-refractivity contribution in [2.45, 2.75) is 32.6 Å². The first-order chi connectivity index (χ1) is 7.20. The SMILES string of the molecule is CCC=CCC1C(=O)CCC1C(=O)OC. The molecule has 0 aliphatic heterocycles. The number of carbonyl (C=O) groups excluding carboxylic acids is 2. The molecule has 0 aromatic rings. The lowest BCUT2D eigenvalue weighted by Gasteiger charge is -2.13. The molecule has 3 nitrogen and oxygen atoms in total. The molecule has 0 radical (unpaired) electrons. The minimum Gasteiger partial charge on any atom is -0.469 e. The van der Waals surface area contributed by atoms with E-state index in [0.29, 0.717) is 19.3 Å². The number of hydrogen-bond acceptors (Lipinski definition) is 3. The van der Waals surface area contributed by atoms with Crippen molar-refractivity contribution < 1.29 is 14.3 Å². The first-order valence-electron chi connectivity index (χ1n) is 5.46. The normalized spacial score (nSPS) is 26.1. The van der Waals surface area contributed by atoms with E-state index in [4.69, 9.17) is 4.74 Å². The van der Waals surface area contributed by atoms with Gasteiger partial charge in [0.05, 0.1) is 13.0 Å². The van der Waals surface area contributed by atoms with Gasteiger partial charge < -0.3 is 4.74 Å². The van der Waals surface area contributed by atoms with Gasteiger partial charge in [-0.05, 0) is 19.3 Å². The Labute approximate surface area is 90.5 Å². The molecule has 0 bridgehead atoms. The van der Waals surface area contributed by atoms with Crippen molar-refractivity contribution >= 4 is 11.8 Å². The van der Waals surface area contributed by atoms with Crippen LogP contribution in [0.1, 0.15) is 32.6 Å². The summed E-state index contributed by atoms with van der Waals surface area (Å²) in [5.41, 5.74) is 0. The van der Waals surface area contributed by atoms with E-state index in [9.17, 15) is 9.59 Å². The highest BCUT2D eigenvalue weighted by molar-refractivity contribution is 5.90. The average molecular weight is 210 g/mol. The maximum absolute atomic E-state index is 11.6. The highest BCUT2D eigenvalue weighted by Gasteiger charge is 2.38. The highest BCUT2D eigenvalue weighted by Crippen LogP contribution is 2.32. The van der Waals surface area contributed by atoms with E-state index in [1.54, 1.807) is 0 Å². The minimum atomic E-state index is -0.240. The fourth-order valence-electron chi connectivity index (χ4n) is 2.05. The fourth-order valence-corrected chi connectivity index (χ4v) is 2.05.